The van der Waals surface area contributed by atoms with E-state index in [9.17, 15) is 18.5 Å². The van der Waals surface area contributed by atoms with Gasteiger partial charge in [0, 0.05) is 19.3 Å². The SMILES string of the molecule is CCOC(=O)/C(C#N)=C(/N1CCc2ccccc2CC1)S(C)(=O)=O. The van der Waals surface area contributed by atoms with E-state index in [0.29, 0.717) is 25.9 Å². The van der Waals surface area contributed by atoms with Crippen LogP contribution < -0.4 is 0 Å². The van der Waals surface area contributed by atoms with E-state index in [0.717, 1.165) is 17.4 Å². The molecule has 0 saturated carbocycles. The van der Waals surface area contributed by atoms with Gasteiger partial charge in [-0.15, -0.1) is 0 Å². The molecule has 2 rings (SSSR count). The van der Waals surface area contributed by atoms with Crippen LogP contribution in [-0.2, 0) is 32.2 Å². The van der Waals surface area contributed by atoms with Crippen molar-refractivity contribution in [3.05, 3.63) is 46.0 Å². The topological polar surface area (TPSA) is 87.5 Å². The maximum atomic E-state index is 12.3. The van der Waals surface area contributed by atoms with Crippen molar-refractivity contribution in [3.63, 3.8) is 0 Å². The summed E-state index contributed by atoms with van der Waals surface area (Å²) in [5.41, 5.74) is 1.86. The molecule has 0 saturated heterocycles. The van der Waals surface area contributed by atoms with Crippen LogP contribution >= 0.6 is 0 Å². The Morgan fingerprint density at radius 3 is 2.21 bits per heavy atom. The number of ether oxygens (including phenoxy) is 1. The molecule has 0 radical (unpaired) electrons. The normalized spacial score (nSPS) is 15.6. The van der Waals surface area contributed by atoms with Crippen LogP contribution in [0.5, 0.6) is 0 Å². The molecule has 1 aromatic rings. The average Bonchev–Trinajstić information content (AvgIpc) is 2.74. The van der Waals surface area contributed by atoms with Crippen molar-refractivity contribution >= 4 is 15.8 Å². The first kappa shape index (κ1) is 18.0. The highest BCUT2D eigenvalue weighted by molar-refractivity contribution is 7.94. The van der Waals surface area contributed by atoms with Crippen LogP contribution in [0.25, 0.3) is 0 Å². The highest BCUT2D eigenvalue weighted by Crippen LogP contribution is 2.23. The lowest BCUT2D eigenvalue weighted by atomic mass is 10.0. The zero-order valence-electron chi connectivity index (χ0n) is 13.8. The minimum atomic E-state index is -3.76. The maximum Gasteiger partial charge on any atom is 0.351 e. The molecular weight excluding hydrogens is 328 g/mol. The van der Waals surface area contributed by atoms with Crippen molar-refractivity contribution in [2.24, 2.45) is 0 Å². The van der Waals surface area contributed by atoms with E-state index in [1.165, 1.54) is 0 Å². The second-order valence-corrected chi connectivity index (χ2v) is 7.47. The number of fused-ring (bicyclic) bond motifs is 1. The van der Waals surface area contributed by atoms with E-state index >= 15 is 0 Å². The number of esters is 1. The van der Waals surface area contributed by atoms with E-state index < -0.39 is 21.4 Å². The Bertz CT molecular complexity index is 779. The highest BCUT2D eigenvalue weighted by atomic mass is 32.2. The van der Waals surface area contributed by atoms with E-state index in [4.69, 9.17) is 4.74 Å². The van der Waals surface area contributed by atoms with E-state index in [-0.39, 0.29) is 11.6 Å². The zero-order valence-corrected chi connectivity index (χ0v) is 14.6. The summed E-state index contributed by atoms with van der Waals surface area (Å²) in [6.07, 6.45) is 2.31. The number of nitriles is 1. The Balaban J connectivity index is 2.44. The van der Waals surface area contributed by atoms with Crippen molar-refractivity contribution in [1.29, 1.82) is 5.26 Å². The fourth-order valence-electron chi connectivity index (χ4n) is 2.83. The summed E-state index contributed by atoms with van der Waals surface area (Å²) in [4.78, 5) is 13.6. The van der Waals surface area contributed by atoms with Gasteiger partial charge in [0.1, 0.15) is 6.07 Å². The van der Waals surface area contributed by atoms with Crippen LogP contribution in [0.2, 0.25) is 0 Å². The van der Waals surface area contributed by atoms with Crippen LogP contribution in [0.4, 0.5) is 0 Å². The largest absolute Gasteiger partial charge is 0.462 e. The highest BCUT2D eigenvalue weighted by Gasteiger charge is 2.30. The van der Waals surface area contributed by atoms with Gasteiger partial charge in [0.2, 0.25) is 0 Å². The number of rotatable bonds is 4. The van der Waals surface area contributed by atoms with Gasteiger partial charge in [-0.2, -0.15) is 5.26 Å². The first-order valence-electron chi connectivity index (χ1n) is 7.71. The molecule has 0 aromatic heterocycles. The zero-order chi connectivity index (χ0) is 17.7. The summed E-state index contributed by atoms with van der Waals surface area (Å²) in [5.74, 6) is -0.901. The van der Waals surface area contributed by atoms with Crippen molar-refractivity contribution in [2.75, 3.05) is 26.0 Å². The van der Waals surface area contributed by atoms with Crippen LogP contribution in [0, 0.1) is 11.3 Å². The number of nitrogens with zero attached hydrogens (tertiary/aromatic N) is 2. The Morgan fingerprint density at radius 1 is 1.25 bits per heavy atom. The second-order valence-electron chi connectivity index (χ2n) is 5.54. The second kappa shape index (κ2) is 7.49. The van der Waals surface area contributed by atoms with Gasteiger partial charge in [-0.1, -0.05) is 24.3 Å². The lowest BCUT2D eigenvalue weighted by molar-refractivity contribution is -0.138. The third-order valence-electron chi connectivity index (χ3n) is 3.86. The summed E-state index contributed by atoms with van der Waals surface area (Å²) in [7, 11) is -3.76. The molecule has 1 heterocycles. The van der Waals surface area contributed by atoms with Crippen LogP contribution in [0.15, 0.2) is 34.9 Å². The molecule has 0 atom stereocenters. The first-order chi connectivity index (χ1) is 11.4. The molecule has 7 heteroatoms. The summed E-state index contributed by atoms with van der Waals surface area (Å²) in [5, 5.41) is 9.09. The molecular formula is C17H20N2O4S. The molecule has 0 aliphatic carbocycles. The van der Waals surface area contributed by atoms with E-state index in [1.807, 2.05) is 24.3 Å². The fourth-order valence-corrected chi connectivity index (χ4v) is 3.98. The van der Waals surface area contributed by atoms with Crippen molar-refractivity contribution < 1.29 is 17.9 Å². The summed E-state index contributed by atoms with van der Waals surface area (Å²) >= 11 is 0. The fraction of sp³-hybridized carbons (Fsp3) is 0.412. The number of hydrogen-bond acceptors (Lipinski definition) is 6. The lowest BCUT2D eigenvalue weighted by Gasteiger charge is -2.25. The van der Waals surface area contributed by atoms with Gasteiger partial charge in [-0.25, -0.2) is 13.2 Å². The average molecular weight is 348 g/mol. The predicted molar refractivity (Wildman–Crippen MR) is 89.5 cm³/mol. The van der Waals surface area contributed by atoms with E-state index in [2.05, 4.69) is 0 Å². The number of carbonyl (C=O) groups is 1. The molecule has 0 bridgehead atoms. The van der Waals surface area contributed by atoms with Crippen LogP contribution in [-0.4, -0.2) is 45.2 Å². The Labute approximate surface area is 142 Å². The van der Waals surface area contributed by atoms with Crippen LogP contribution in [0.1, 0.15) is 18.1 Å². The van der Waals surface area contributed by atoms with Crippen molar-refractivity contribution in [1.82, 2.24) is 4.90 Å². The molecule has 128 valence electrons. The van der Waals surface area contributed by atoms with Gasteiger partial charge < -0.3 is 9.64 Å². The molecule has 24 heavy (non-hydrogen) atoms. The van der Waals surface area contributed by atoms with E-state index in [1.54, 1.807) is 17.9 Å². The minimum absolute atomic E-state index is 0.0759. The lowest BCUT2D eigenvalue weighted by Crippen LogP contribution is -2.32. The van der Waals surface area contributed by atoms with Crippen molar-refractivity contribution in [2.45, 2.75) is 19.8 Å². The van der Waals surface area contributed by atoms with Gasteiger partial charge in [0.15, 0.2) is 20.4 Å². The van der Waals surface area contributed by atoms with Gasteiger partial charge in [0.05, 0.1) is 6.61 Å². The molecule has 0 amide bonds. The molecule has 0 fully saturated rings. The maximum absolute atomic E-state index is 12.3. The predicted octanol–water partition coefficient (Wildman–Crippen LogP) is 1.43. The molecule has 0 N–H and O–H groups in total. The smallest absolute Gasteiger partial charge is 0.351 e. The van der Waals surface area contributed by atoms with Gasteiger partial charge in [0.25, 0.3) is 0 Å². The number of benzene rings is 1. The standard InChI is InChI=1S/C17H20N2O4S/c1-3-23-17(20)15(12-18)16(24(2,21)22)19-10-8-13-6-4-5-7-14(13)9-11-19/h4-7H,3,8-11H2,1-2H3/b16-15-. The third-order valence-corrected chi connectivity index (χ3v) is 5.03. The molecule has 1 aliphatic rings. The Hall–Kier alpha value is -2.33. The first-order valence-corrected chi connectivity index (χ1v) is 9.61. The minimum Gasteiger partial charge on any atom is -0.462 e. The molecule has 1 aliphatic heterocycles. The van der Waals surface area contributed by atoms with Gasteiger partial charge >= 0.3 is 5.97 Å². The van der Waals surface area contributed by atoms with Gasteiger partial charge in [-0.05, 0) is 30.9 Å². The van der Waals surface area contributed by atoms with Crippen LogP contribution in [0.3, 0.4) is 0 Å². The third kappa shape index (κ3) is 3.95. The number of sulfone groups is 1. The summed E-state index contributed by atoms with van der Waals surface area (Å²) in [6, 6.07) is 9.63. The number of hydrogen-bond donors (Lipinski definition) is 0. The molecule has 1 aromatic carbocycles. The van der Waals surface area contributed by atoms with Gasteiger partial charge in [-0.3, -0.25) is 0 Å². The number of carbonyl (C=O) groups excluding carboxylic acids is 1. The molecule has 6 nitrogen and oxygen atoms in total. The summed E-state index contributed by atoms with van der Waals surface area (Å²) < 4.78 is 29.4. The molecule has 0 spiro atoms. The quantitative estimate of drug-likeness (QED) is 0.465. The van der Waals surface area contributed by atoms with Crippen molar-refractivity contribution in [3.8, 4) is 6.07 Å². The Morgan fingerprint density at radius 2 is 1.79 bits per heavy atom. The molecule has 0 unspecified atom stereocenters. The monoisotopic (exact) mass is 348 g/mol. The Kier molecular flexibility index (Phi) is 5.62. The summed E-state index contributed by atoms with van der Waals surface area (Å²) in [6.45, 7) is 2.52.